The molecule has 24 heavy (non-hydrogen) atoms. The molecule has 1 atom stereocenters. The Hall–Kier alpha value is -1.12. The van der Waals surface area contributed by atoms with Crippen molar-refractivity contribution in [3.05, 3.63) is 0 Å². The van der Waals surface area contributed by atoms with Gasteiger partial charge in [-0.2, -0.15) is 0 Å². The van der Waals surface area contributed by atoms with E-state index in [9.17, 15) is 19.5 Å². The van der Waals surface area contributed by atoms with Crippen molar-refractivity contribution < 1.29 is 24.6 Å². The zero-order valence-electron chi connectivity index (χ0n) is 14.8. The molecule has 0 fully saturated rings. The predicted molar refractivity (Wildman–Crippen MR) is 94.5 cm³/mol. The monoisotopic (exact) mass is 362 g/mol. The second-order valence-corrected chi connectivity index (χ2v) is 7.42. The highest BCUT2D eigenvalue weighted by Gasteiger charge is 2.32. The number of nitrogens with one attached hydrogen (secondary N) is 2. The summed E-state index contributed by atoms with van der Waals surface area (Å²) in [4.78, 5) is 34.7. The maximum absolute atomic E-state index is 11.7. The number of hydrogen-bond acceptors (Lipinski definition) is 6. The molecule has 0 radical (unpaired) electrons. The summed E-state index contributed by atoms with van der Waals surface area (Å²) in [5, 5.41) is 24.2. The Morgan fingerprint density at radius 3 is 2.38 bits per heavy atom. The summed E-state index contributed by atoms with van der Waals surface area (Å²) in [5.41, 5.74) is -0.937. The third-order valence-electron chi connectivity index (χ3n) is 3.47. The number of carbonyl (C=O) groups is 3. The normalized spacial score (nSPS) is 12.5. The van der Waals surface area contributed by atoms with Crippen molar-refractivity contribution in [3.8, 4) is 0 Å². The molecule has 140 valence electrons. The van der Waals surface area contributed by atoms with Gasteiger partial charge in [0.15, 0.2) is 5.12 Å². The first-order chi connectivity index (χ1) is 11.2. The van der Waals surface area contributed by atoms with Crippen molar-refractivity contribution in [1.82, 2.24) is 10.6 Å². The van der Waals surface area contributed by atoms with E-state index < -0.39 is 17.4 Å². The van der Waals surface area contributed by atoms with Gasteiger partial charge >= 0.3 is 0 Å². The van der Waals surface area contributed by atoms with Gasteiger partial charge in [0.1, 0.15) is 6.10 Å². The molecule has 0 heterocycles. The zero-order chi connectivity index (χ0) is 18.6. The summed E-state index contributed by atoms with van der Waals surface area (Å²) < 4.78 is 0. The topological polar surface area (TPSA) is 116 Å². The van der Waals surface area contributed by atoms with E-state index in [1.807, 2.05) is 6.92 Å². The minimum atomic E-state index is -1.34. The van der Waals surface area contributed by atoms with Crippen molar-refractivity contribution >= 4 is 28.7 Å². The average Bonchev–Trinajstić information content (AvgIpc) is 2.55. The first-order valence-corrected chi connectivity index (χ1v) is 9.22. The summed E-state index contributed by atoms with van der Waals surface area (Å²) in [7, 11) is 0. The molecule has 0 aromatic rings. The van der Waals surface area contributed by atoms with Gasteiger partial charge in [0.05, 0.1) is 6.61 Å². The lowest BCUT2D eigenvalue weighted by Gasteiger charge is -2.27. The van der Waals surface area contributed by atoms with Gasteiger partial charge in [-0.15, -0.1) is 0 Å². The molecule has 8 heteroatoms. The van der Waals surface area contributed by atoms with E-state index in [0.717, 1.165) is 12.8 Å². The van der Waals surface area contributed by atoms with Gasteiger partial charge in [-0.3, -0.25) is 14.4 Å². The van der Waals surface area contributed by atoms with Crippen LogP contribution in [0.5, 0.6) is 0 Å². The average molecular weight is 362 g/mol. The summed E-state index contributed by atoms with van der Waals surface area (Å²) in [5.74, 6) is -0.309. The quantitative estimate of drug-likeness (QED) is 0.374. The number of rotatable bonds is 12. The number of hydrogen-bond donors (Lipinski definition) is 4. The minimum Gasteiger partial charge on any atom is -0.396 e. The molecule has 0 spiro atoms. The Bertz CT molecular complexity index is 415. The lowest BCUT2D eigenvalue weighted by Crippen LogP contribution is -2.46. The third kappa shape index (κ3) is 9.89. The van der Waals surface area contributed by atoms with E-state index >= 15 is 0 Å². The molecule has 0 rings (SSSR count). The fraction of sp³-hybridized carbons (Fsp3) is 0.812. The molecule has 2 amide bonds. The maximum atomic E-state index is 11.7. The van der Waals surface area contributed by atoms with Crippen LogP contribution < -0.4 is 10.6 Å². The van der Waals surface area contributed by atoms with Crippen molar-refractivity contribution in [2.45, 2.75) is 52.6 Å². The summed E-state index contributed by atoms with van der Waals surface area (Å²) in [6.07, 6.45) is 1.19. The summed E-state index contributed by atoms with van der Waals surface area (Å²) >= 11 is 1.22. The van der Waals surface area contributed by atoms with Crippen LogP contribution in [0.2, 0.25) is 0 Å². The Balaban J connectivity index is 3.80. The number of carbonyl (C=O) groups excluding carboxylic acids is 3. The standard InChI is InChI=1S/C16H30N2O5S/c1-4-5-6-13(21)24-10-9-17-12(20)7-8-18-15(23)14(22)16(2,3)11-19/h14,19,22H,4-11H2,1-3H3,(H,17,20)(H,18,23). The summed E-state index contributed by atoms with van der Waals surface area (Å²) in [6, 6.07) is 0. The minimum absolute atomic E-state index is 0.0897. The van der Waals surface area contributed by atoms with Crippen LogP contribution in [0.25, 0.3) is 0 Å². The fourth-order valence-electron chi connectivity index (χ4n) is 1.67. The molecule has 0 aromatic heterocycles. The fourth-order valence-corrected chi connectivity index (χ4v) is 2.39. The Kier molecular flexibility index (Phi) is 11.7. The van der Waals surface area contributed by atoms with Crippen molar-refractivity contribution in [2.75, 3.05) is 25.4 Å². The molecule has 0 saturated heterocycles. The predicted octanol–water partition coefficient (Wildman–Crippen LogP) is 0.438. The van der Waals surface area contributed by atoms with Gasteiger partial charge in [0, 0.05) is 37.1 Å². The molecular formula is C16H30N2O5S. The molecule has 4 N–H and O–H groups in total. The van der Waals surface area contributed by atoms with Crippen molar-refractivity contribution in [1.29, 1.82) is 0 Å². The third-order valence-corrected chi connectivity index (χ3v) is 4.40. The highest BCUT2D eigenvalue weighted by Crippen LogP contribution is 2.19. The van der Waals surface area contributed by atoms with E-state index in [0.29, 0.717) is 18.7 Å². The van der Waals surface area contributed by atoms with Gasteiger partial charge in [0.2, 0.25) is 11.8 Å². The smallest absolute Gasteiger partial charge is 0.249 e. The number of thioether (sulfide) groups is 1. The van der Waals surface area contributed by atoms with Crippen LogP contribution in [0.4, 0.5) is 0 Å². The largest absolute Gasteiger partial charge is 0.396 e. The molecule has 7 nitrogen and oxygen atoms in total. The van der Waals surface area contributed by atoms with Crippen LogP contribution in [-0.2, 0) is 14.4 Å². The molecule has 0 aliphatic carbocycles. The van der Waals surface area contributed by atoms with E-state index in [4.69, 9.17) is 5.11 Å². The second kappa shape index (κ2) is 12.3. The molecule has 0 bridgehead atoms. The first kappa shape index (κ1) is 22.9. The van der Waals surface area contributed by atoms with Gasteiger partial charge in [-0.1, -0.05) is 39.0 Å². The molecular weight excluding hydrogens is 332 g/mol. The van der Waals surface area contributed by atoms with Gasteiger partial charge in [0.25, 0.3) is 0 Å². The Morgan fingerprint density at radius 1 is 1.12 bits per heavy atom. The number of aliphatic hydroxyl groups excluding tert-OH is 2. The molecule has 0 aliphatic rings. The van der Waals surface area contributed by atoms with E-state index in [1.165, 1.54) is 11.8 Å². The van der Waals surface area contributed by atoms with Gasteiger partial charge < -0.3 is 20.8 Å². The lowest BCUT2D eigenvalue weighted by molar-refractivity contribution is -0.137. The van der Waals surface area contributed by atoms with Crippen LogP contribution in [0.1, 0.15) is 46.5 Å². The number of amides is 2. The lowest BCUT2D eigenvalue weighted by atomic mass is 9.87. The number of unbranched alkanes of at least 4 members (excludes halogenated alkanes) is 1. The van der Waals surface area contributed by atoms with Crippen LogP contribution in [0.15, 0.2) is 0 Å². The first-order valence-electron chi connectivity index (χ1n) is 8.23. The summed E-state index contributed by atoms with van der Waals surface area (Å²) in [6.45, 7) is 5.35. The second-order valence-electron chi connectivity index (χ2n) is 6.26. The van der Waals surface area contributed by atoms with E-state index in [-0.39, 0.29) is 30.6 Å². The van der Waals surface area contributed by atoms with Crippen LogP contribution in [0.3, 0.4) is 0 Å². The van der Waals surface area contributed by atoms with E-state index in [1.54, 1.807) is 13.8 Å². The molecule has 0 saturated carbocycles. The van der Waals surface area contributed by atoms with Crippen LogP contribution >= 0.6 is 11.8 Å². The van der Waals surface area contributed by atoms with Gasteiger partial charge in [-0.25, -0.2) is 0 Å². The highest BCUT2D eigenvalue weighted by atomic mass is 32.2. The maximum Gasteiger partial charge on any atom is 0.249 e. The van der Waals surface area contributed by atoms with Gasteiger partial charge in [-0.05, 0) is 6.42 Å². The van der Waals surface area contributed by atoms with Crippen LogP contribution in [0, 0.1) is 5.41 Å². The zero-order valence-corrected chi connectivity index (χ0v) is 15.6. The Labute approximate surface area is 148 Å². The Morgan fingerprint density at radius 2 is 1.79 bits per heavy atom. The molecule has 0 aromatic carbocycles. The van der Waals surface area contributed by atoms with E-state index in [2.05, 4.69) is 10.6 Å². The van der Waals surface area contributed by atoms with Crippen LogP contribution in [-0.4, -0.2) is 58.7 Å². The number of aliphatic hydroxyl groups is 2. The van der Waals surface area contributed by atoms with Crippen molar-refractivity contribution in [3.63, 3.8) is 0 Å². The molecule has 1 unspecified atom stereocenters. The molecule has 0 aliphatic heterocycles. The SMILES string of the molecule is CCCCC(=O)SCCNC(=O)CCNC(=O)C(O)C(C)(C)CO. The van der Waals surface area contributed by atoms with Crippen molar-refractivity contribution in [2.24, 2.45) is 5.41 Å². The highest BCUT2D eigenvalue weighted by molar-refractivity contribution is 8.13.